The fraction of sp³-hybridized carbons (Fsp3) is 0.641. The van der Waals surface area contributed by atoms with Crippen LogP contribution in [0.15, 0.2) is 81.6 Å². The van der Waals surface area contributed by atoms with Crippen LogP contribution in [0.25, 0.3) is 0 Å². The predicted octanol–water partition coefficient (Wildman–Crippen LogP) is 12.2. The van der Waals surface area contributed by atoms with Crippen LogP contribution in [0.5, 0.6) is 0 Å². The first-order chi connectivity index (χ1) is 19.8. The predicted molar refractivity (Wildman–Crippen MR) is 190 cm³/mol. The van der Waals surface area contributed by atoms with Gasteiger partial charge in [-0.25, -0.2) is 0 Å². The minimum absolute atomic E-state index is 0.0790. The van der Waals surface area contributed by atoms with Crippen molar-refractivity contribution in [1.82, 2.24) is 0 Å². The van der Waals surface area contributed by atoms with Crippen LogP contribution in [0.3, 0.4) is 0 Å². The van der Waals surface area contributed by atoms with Gasteiger partial charge in [-0.05, 0) is 104 Å². The number of thioether (sulfide) groups is 1. The Balaban J connectivity index is 3.77. The molecule has 1 rings (SSSR count). The Labute approximate surface area is 264 Å². The molecule has 0 radical (unpaired) electrons. The Morgan fingerprint density at radius 1 is 1.12 bits per heavy atom. The Morgan fingerprint density at radius 2 is 1.81 bits per heavy atom. The molecule has 0 aromatic heterocycles. The SMILES string of the molecule is C=C/C=C\SCC(CC1=CCC(CC)=CC(C(C)(C)CC)=C1C)C(/C=C(\C)CCCCO)=C(\O)C(C)CC(C)(C)CC. The summed E-state index contributed by atoms with van der Waals surface area (Å²) in [6, 6.07) is 0. The molecule has 0 aliphatic heterocycles. The van der Waals surface area contributed by atoms with Gasteiger partial charge in [-0.15, -0.1) is 11.8 Å². The molecule has 238 valence electrons. The third-order valence-corrected chi connectivity index (χ3v) is 10.3. The summed E-state index contributed by atoms with van der Waals surface area (Å²) in [7, 11) is 0. The number of allylic oxidation sites excluding steroid dienone is 12. The van der Waals surface area contributed by atoms with Crippen molar-refractivity contribution in [1.29, 1.82) is 0 Å². The average Bonchev–Trinajstić information content (AvgIpc) is 3.11. The highest BCUT2D eigenvalue weighted by atomic mass is 32.2. The molecule has 42 heavy (non-hydrogen) atoms. The van der Waals surface area contributed by atoms with E-state index >= 15 is 0 Å². The molecular weight excluding hydrogens is 532 g/mol. The van der Waals surface area contributed by atoms with Crippen LogP contribution in [-0.4, -0.2) is 22.6 Å². The molecule has 1 aliphatic rings. The number of hydrogen-bond donors (Lipinski definition) is 2. The molecular formula is C39H64O2S. The third kappa shape index (κ3) is 12.5. The second kappa shape index (κ2) is 18.8. The summed E-state index contributed by atoms with van der Waals surface area (Å²) in [6.45, 7) is 26.9. The Bertz CT molecular complexity index is 1040. The zero-order valence-corrected chi connectivity index (χ0v) is 29.7. The van der Waals surface area contributed by atoms with Crippen molar-refractivity contribution in [2.75, 3.05) is 12.4 Å². The minimum Gasteiger partial charge on any atom is -0.512 e. The van der Waals surface area contributed by atoms with E-state index in [9.17, 15) is 10.2 Å². The standard InChI is InChI=1S/C39H64O2S/c1-12-16-23-42-28-34(26-33-21-20-32(13-2)25-36(31(33)7)39(10,11)15-4)35(24-29(5)19-17-18-22-40)37(41)30(6)27-38(8,9)14-3/h12,16,21,23-25,30,34,40-41H,1,13-15,17-20,22,26-28H2,2-11H3/b23-16-,29-24+,37-35-. The highest BCUT2D eigenvalue weighted by Crippen LogP contribution is 2.42. The Hall–Kier alpha value is -1.71. The van der Waals surface area contributed by atoms with Gasteiger partial charge >= 0.3 is 0 Å². The topological polar surface area (TPSA) is 40.5 Å². The van der Waals surface area contributed by atoms with Crippen molar-refractivity contribution in [2.24, 2.45) is 22.7 Å². The first-order valence-corrected chi connectivity index (χ1v) is 17.5. The minimum atomic E-state index is 0.0790. The van der Waals surface area contributed by atoms with E-state index in [0.29, 0.717) is 5.76 Å². The maximum absolute atomic E-state index is 12.0. The zero-order valence-electron chi connectivity index (χ0n) is 28.9. The van der Waals surface area contributed by atoms with E-state index in [1.54, 1.807) is 11.8 Å². The summed E-state index contributed by atoms with van der Waals surface area (Å²) in [6.07, 6.45) is 19.9. The van der Waals surface area contributed by atoms with Gasteiger partial charge in [0.2, 0.25) is 0 Å². The van der Waals surface area contributed by atoms with Crippen LogP contribution in [0.1, 0.15) is 127 Å². The van der Waals surface area contributed by atoms with Gasteiger partial charge in [0.1, 0.15) is 0 Å². The van der Waals surface area contributed by atoms with E-state index in [1.165, 1.54) is 27.9 Å². The molecule has 0 aromatic carbocycles. The number of aliphatic hydroxyl groups is 2. The van der Waals surface area contributed by atoms with Crippen molar-refractivity contribution < 1.29 is 10.2 Å². The summed E-state index contributed by atoms with van der Waals surface area (Å²) in [5.41, 5.74) is 8.42. The average molecular weight is 597 g/mol. The summed E-state index contributed by atoms with van der Waals surface area (Å²) < 4.78 is 0. The normalized spacial score (nSPS) is 17.5. The smallest absolute Gasteiger partial charge is 0.0985 e. The van der Waals surface area contributed by atoms with Gasteiger partial charge in [0.25, 0.3) is 0 Å². The molecule has 2 nitrogen and oxygen atoms in total. The molecule has 2 unspecified atom stereocenters. The van der Waals surface area contributed by atoms with Crippen molar-refractivity contribution in [3.05, 3.63) is 81.6 Å². The quantitative estimate of drug-likeness (QED) is 0.0885. The van der Waals surface area contributed by atoms with E-state index < -0.39 is 0 Å². The van der Waals surface area contributed by atoms with Crippen molar-refractivity contribution in [3.63, 3.8) is 0 Å². The van der Waals surface area contributed by atoms with E-state index in [2.05, 4.69) is 99.5 Å². The maximum atomic E-state index is 12.0. The molecule has 0 saturated carbocycles. The molecule has 3 heteroatoms. The third-order valence-electron chi connectivity index (χ3n) is 9.39. The molecule has 0 aromatic rings. The van der Waals surface area contributed by atoms with Crippen LogP contribution < -0.4 is 0 Å². The number of hydrogen-bond acceptors (Lipinski definition) is 3. The summed E-state index contributed by atoms with van der Waals surface area (Å²) in [5.74, 6) is 1.68. The second-order valence-corrected chi connectivity index (χ2v) is 14.7. The Kier molecular flexibility index (Phi) is 17.2. The van der Waals surface area contributed by atoms with E-state index in [0.717, 1.165) is 69.1 Å². The van der Waals surface area contributed by atoms with Gasteiger partial charge in [-0.1, -0.05) is 110 Å². The summed E-state index contributed by atoms with van der Waals surface area (Å²) in [5, 5.41) is 23.5. The lowest BCUT2D eigenvalue weighted by atomic mass is 9.76. The molecule has 1 aliphatic carbocycles. The van der Waals surface area contributed by atoms with E-state index in [1.807, 2.05) is 12.2 Å². The van der Waals surface area contributed by atoms with Crippen LogP contribution in [-0.2, 0) is 0 Å². The lowest BCUT2D eigenvalue weighted by Crippen LogP contribution is -2.19. The lowest BCUT2D eigenvalue weighted by Gasteiger charge is -2.30. The first-order valence-electron chi connectivity index (χ1n) is 16.5. The summed E-state index contributed by atoms with van der Waals surface area (Å²) in [4.78, 5) is 0. The summed E-state index contributed by atoms with van der Waals surface area (Å²) >= 11 is 1.80. The lowest BCUT2D eigenvalue weighted by molar-refractivity contribution is 0.233. The maximum Gasteiger partial charge on any atom is 0.0985 e. The highest BCUT2D eigenvalue weighted by Gasteiger charge is 2.29. The number of rotatable bonds is 19. The van der Waals surface area contributed by atoms with Gasteiger partial charge in [-0.3, -0.25) is 0 Å². The largest absolute Gasteiger partial charge is 0.512 e. The van der Waals surface area contributed by atoms with Gasteiger partial charge < -0.3 is 10.2 Å². The first kappa shape index (κ1) is 38.3. The fourth-order valence-electron chi connectivity index (χ4n) is 5.74. The van der Waals surface area contributed by atoms with E-state index in [-0.39, 0.29) is 29.3 Å². The van der Waals surface area contributed by atoms with Gasteiger partial charge in [-0.2, -0.15) is 0 Å². The van der Waals surface area contributed by atoms with Gasteiger partial charge in [0.05, 0.1) is 5.76 Å². The molecule has 0 bridgehead atoms. The van der Waals surface area contributed by atoms with Crippen molar-refractivity contribution in [3.8, 4) is 0 Å². The van der Waals surface area contributed by atoms with Crippen LogP contribution in [0, 0.1) is 22.7 Å². The van der Waals surface area contributed by atoms with E-state index in [4.69, 9.17) is 0 Å². The molecule has 0 spiro atoms. The number of unbranched alkanes of at least 4 members (excludes halogenated alkanes) is 1. The molecule has 0 fully saturated rings. The number of aliphatic hydroxyl groups excluding tert-OH is 2. The van der Waals surface area contributed by atoms with Gasteiger partial charge in [0, 0.05) is 24.2 Å². The van der Waals surface area contributed by atoms with Crippen molar-refractivity contribution >= 4 is 11.8 Å². The zero-order chi connectivity index (χ0) is 31.9. The van der Waals surface area contributed by atoms with Crippen molar-refractivity contribution in [2.45, 2.75) is 127 Å². The molecule has 0 heterocycles. The van der Waals surface area contributed by atoms with Gasteiger partial charge in [0.15, 0.2) is 0 Å². The molecule has 2 N–H and O–H groups in total. The molecule has 0 amide bonds. The second-order valence-electron chi connectivity index (χ2n) is 13.8. The Morgan fingerprint density at radius 3 is 2.38 bits per heavy atom. The molecule has 0 saturated heterocycles. The molecule has 2 atom stereocenters. The van der Waals surface area contributed by atoms with Crippen LogP contribution >= 0.6 is 11.8 Å². The van der Waals surface area contributed by atoms with Crippen LogP contribution in [0.4, 0.5) is 0 Å². The van der Waals surface area contributed by atoms with Crippen LogP contribution in [0.2, 0.25) is 0 Å². The highest BCUT2D eigenvalue weighted by molar-refractivity contribution is 8.02. The monoisotopic (exact) mass is 596 g/mol. The fourth-order valence-corrected chi connectivity index (χ4v) is 6.61.